The molecule has 1 saturated carbocycles. The average molecular weight is 376 g/mol. The number of carbonyl (C=O) groups excluding carboxylic acids is 1. The summed E-state index contributed by atoms with van der Waals surface area (Å²) in [6.07, 6.45) is 4.09. The van der Waals surface area contributed by atoms with Crippen LogP contribution >= 0.6 is 0 Å². The van der Waals surface area contributed by atoms with Crippen molar-refractivity contribution in [3.05, 3.63) is 23.0 Å². The van der Waals surface area contributed by atoms with Gasteiger partial charge in [-0.05, 0) is 45.1 Å². The van der Waals surface area contributed by atoms with Gasteiger partial charge in [0.15, 0.2) is 0 Å². The van der Waals surface area contributed by atoms with Crippen LogP contribution in [0, 0.1) is 5.82 Å². The second-order valence-corrected chi connectivity index (χ2v) is 7.56. The molecular formula is C19H25FN4O3. The van der Waals surface area contributed by atoms with E-state index in [2.05, 4.69) is 10.3 Å². The zero-order valence-corrected chi connectivity index (χ0v) is 15.9. The summed E-state index contributed by atoms with van der Waals surface area (Å²) in [5.74, 6) is 0.235. The number of hydrogen-bond donors (Lipinski definition) is 0. The van der Waals surface area contributed by atoms with Gasteiger partial charge in [0.1, 0.15) is 17.6 Å². The first kappa shape index (κ1) is 18.0. The highest BCUT2D eigenvalue weighted by molar-refractivity contribution is 5.91. The molecule has 0 saturated heterocycles. The van der Waals surface area contributed by atoms with Crippen LogP contribution in [-0.2, 0) is 11.2 Å². The molecule has 3 aliphatic rings. The molecule has 1 aromatic carbocycles. The molecule has 27 heavy (non-hydrogen) atoms. The lowest BCUT2D eigenvalue weighted by molar-refractivity contribution is 0.117. The van der Waals surface area contributed by atoms with Crippen LogP contribution in [0.15, 0.2) is 16.4 Å². The summed E-state index contributed by atoms with van der Waals surface area (Å²) >= 11 is 0. The van der Waals surface area contributed by atoms with Crippen LogP contribution in [0.4, 0.5) is 14.9 Å². The maximum atomic E-state index is 15.2. The molecule has 0 aromatic heterocycles. The molecule has 2 unspecified atom stereocenters. The van der Waals surface area contributed by atoms with Crippen molar-refractivity contribution < 1.29 is 18.7 Å². The highest BCUT2D eigenvalue weighted by atomic mass is 19.1. The summed E-state index contributed by atoms with van der Waals surface area (Å²) in [6.45, 7) is 2.48. The average Bonchev–Trinajstić information content (AvgIpc) is 3.04. The van der Waals surface area contributed by atoms with Gasteiger partial charge in [0.05, 0.1) is 25.4 Å². The lowest BCUT2D eigenvalue weighted by Crippen LogP contribution is -2.43. The molecule has 2 aliphatic heterocycles. The van der Waals surface area contributed by atoms with E-state index in [0.29, 0.717) is 24.3 Å². The van der Waals surface area contributed by atoms with Gasteiger partial charge in [-0.1, -0.05) is 5.22 Å². The van der Waals surface area contributed by atoms with Gasteiger partial charge < -0.3 is 9.47 Å². The van der Waals surface area contributed by atoms with Gasteiger partial charge in [0, 0.05) is 24.2 Å². The number of anilines is 1. The molecule has 0 radical (unpaired) electrons. The predicted octanol–water partition coefficient (Wildman–Crippen LogP) is 4.02. The third-order valence-electron chi connectivity index (χ3n) is 5.67. The molecule has 7 nitrogen and oxygen atoms in total. The molecule has 0 N–H and O–H groups in total. The van der Waals surface area contributed by atoms with Crippen molar-refractivity contribution in [1.29, 1.82) is 0 Å². The van der Waals surface area contributed by atoms with E-state index in [1.165, 1.54) is 18.1 Å². The number of rotatable bonds is 3. The van der Waals surface area contributed by atoms with Gasteiger partial charge in [0.25, 0.3) is 0 Å². The summed E-state index contributed by atoms with van der Waals surface area (Å²) < 4.78 is 26.4. The first-order valence-corrected chi connectivity index (χ1v) is 9.50. The molecule has 1 amide bonds. The molecule has 8 heteroatoms. The Morgan fingerprint density at radius 2 is 2.11 bits per heavy atom. The van der Waals surface area contributed by atoms with E-state index in [9.17, 15) is 4.79 Å². The van der Waals surface area contributed by atoms with E-state index in [1.54, 1.807) is 5.01 Å². The Hall–Kier alpha value is -2.38. The molecule has 2 atom stereocenters. The Bertz CT molecular complexity index is 781. The fraction of sp³-hybridized carbons (Fsp3) is 0.632. The fourth-order valence-corrected chi connectivity index (χ4v) is 3.94. The smallest absolute Gasteiger partial charge is 0.414 e. The first-order chi connectivity index (χ1) is 13.0. The number of likely N-dealkylation sites (N-methyl/N-ethyl adjacent to an activating group) is 1. The second-order valence-electron chi connectivity index (χ2n) is 7.56. The highest BCUT2D eigenvalue weighted by Gasteiger charge is 2.37. The van der Waals surface area contributed by atoms with E-state index < -0.39 is 11.9 Å². The Balaban J connectivity index is 1.83. The van der Waals surface area contributed by atoms with Gasteiger partial charge >= 0.3 is 6.09 Å². The minimum absolute atomic E-state index is 0.139. The van der Waals surface area contributed by atoms with Crippen molar-refractivity contribution in [2.24, 2.45) is 10.3 Å². The van der Waals surface area contributed by atoms with Crippen LogP contribution in [0.25, 0.3) is 0 Å². The normalized spacial score (nSPS) is 24.6. The molecule has 2 heterocycles. The number of methoxy groups -OCH3 is 1. The zero-order valence-electron chi connectivity index (χ0n) is 15.9. The number of hydrogen-bond acceptors (Lipinski definition) is 6. The van der Waals surface area contributed by atoms with Crippen LogP contribution in [0.5, 0.6) is 5.75 Å². The minimum Gasteiger partial charge on any atom is -0.490 e. The summed E-state index contributed by atoms with van der Waals surface area (Å²) in [5.41, 5.74) is 1.73. The van der Waals surface area contributed by atoms with E-state index in [0.717, 1.165) is 31.2 Å². The maximum Gasteiger partial charge on any atom is 0.414 e. The summed E-state index contributed by atoms with van der Waals surface area (Å²) in [6, 6.07) is 1.05. The van der Waals surface area contributed by atoms with E-state index in [-0.39, 0.29) is 23.9 Å². The first-order valence-electron chi connectivity index (χ1n) is 9.50. The van der Waals surface area contributed by atoms with Crippen molar-refractivity contribution in [1.82, 2.24) is 5.01 Å². The fourth-order valence-electron chi connectivity index (χ4n) is 3.94. The van der Waals surface area contributed by atoms with E-state index in [4.69, 9.17) is 9.47 Å². The van der Waals surface area contributed by atoms with Crippen LogP contribution in [0.2, 0.25) is 0 Å². The molecule has 4 rings (SSSR count). The zero-order chi connectivity index (χ0) is 19.1. The topological polar surface area (TPSA) is 66.7 Å². The van der Waals surface area contributed by atoms with Gasteiger partial charge in [0.2, 0.25) is 0 Å². The second kappa shape index (κ2) is 6.98. The predicted molar refractivity (Wildman–Crippen MR) is 97.6 cm³/mol. The molecule has 1 aliphatic carbocycles. The van der Waals surface area contributed by atoms with Gasteiger partial charge in [-0.15, -0.1) is 0 Å². The van der Waals surface area contributed by atoms with Gasteiger partial charge in [-0.2, -0.15) is 5.11 Å². The Kier molecular flexibility index (Phi) is 4.65. The van der Waals surface area contributed by atoms with Crippen molar-refractivity contribution in [3.8, 4) is 5.75 Å². The summed E-state index contributed by atoms with van der Waals surface area (Å²) in [4.78, 5) is 13.7. The number of amides is 1. The van der Waals surface area contributed by atoms with Crippen molar-refractivity contribution in [2.75, 3.05) is 25.6 Å². The van der Waals surface area contributed by atoms with Crippen molar-refractivity contribution >= 4 is 11.8 Å². The summed E-state index contributed by atoms with van der Waals surface area (Å²) in [7, 11) is 3.15. The largest absolute Gasteiger partial charge is 0.490 e. The lowest BCUT2D eigenvalue weighted by atomic mass is 9.90. The Labute approximate surface area is 158 Å². The van der Waals surface area contributed by atoms with Crippen LogP contribution in [-0.4, -0.2) is 44.0 Å². The van der Waals surface area contributed by atoms with E-state index in [1.807, 2.05) is 14.0 Å². The third kappa shape index (κ3) is 3.11. The van der Waals surface area contributed by atoms with Crippen LogP contribution < -0.4 is 9.64 Å². The molecule has 1 fully saturated rings. The van der Waals surface area contributed by atoms with E-state index >= 15 is 4.39 Å². The summed E-state index contributed by atoms with van der Waals surface area (Å²) in [5, 5.41) is 10.1. The number of ether oxygens (including phenoxy) is 2. The van der Waals surface area contributed by atoms with Gasteiger partial charge in [-0.25, -0.2) is 9.18 Å². The standard InChI is InChI=1S/C19H25FN4O3/c1-11-7-8-13-17(24(11)19(25)26-3)15(20)9-14(16-10-23(2)22-21-16)18(13)27-12-5-4-6-12/h9,11-12,16H,4-8,10H2,1-3H3. The SMILES string of the molecule is COC(=O)N1c2c(F)cc(C3CN(C)N=N3)c(OC3CCC3)c2CCC1C. The maximum absolute atomic E-state index is 15.2. The molecular weight excluding hydrogens is 351 g/mol. The minimum atomic E-state index is -0.551. The molecule has 146 valence electrons. The number of fused-ring (bicyclic) bond motifs is 1. The number of carbonyl (C=O) groups is 1. The number of halogens is 1. The molecule has 0 spiro atoms. The van der Waals surface area contributed by atoms with Crippen LogP contribution in [0.1, 0.15) is 49.8 Å². The monoisotopic (exact) mass is 376 g/mol. The lowest BCUT2D eigenvalue weighted by Gasteiger charge is -2.37. The number of nitrogens with zero attached hydrogens (tertiary/aromatic N) is 4. The Morgan fingerprint density at radius 3 is 2.70 bits per heavy atom. The molecule has 1 aromatic rings. The van der Waals surface area contributed by atoms with Gasteiger partial charge in [-0.3, -0.25) is 9.91 Å². The Morgan fingerprint density at radius 1 is 1.33 bits per heavy atom. The third-order valence-corrected chi connectivity index (χ3v) is 5.67. The molecule has 0 bridgehead atoms. The quantitative estimate of drug-likeness (QED) is 0.799. The van der Waals surface area contributed by atoms with Crippen molar-refractivity contribution in [2.45, 2.75) is 57.2 Å². The van der Waals surface area contributed by atoms with Crippen molar-refractivity contribution in [3.63, 3.8) is 0 Å². The van der Waals surface area contributed by atoms with Crippen LogP contribution in [0.3, 0.4) is 0 Å². The number of benzene rings is 1. The highest BCUT2D eigenvalue weighted by Crippen LogP contribution is 2.46.